The highest BCUT2D eigenvalue weighted by Crippen LogP contribution is 2.23. The Bertz CT molecular complexity index is 588. The standard InChI is InChI=1S/C24H42N4O2/c1-4-9-20(2)23(21(3)24(29)26-18-22-10-6-5-7-11-22)27-19-25-12-8-13-28-14-16-30-17-15-28/h19,22H,2,4-18H2,1,3H3,(H,25,27)(H,26,29)/b23-21-. The minimum Gasteiger partial charge on any atom is -0.379 e. The molecule has 170 valence electrons. The third-order valence-electron chi connectivity index (χ3n) is 6.06. The average Bonchev–Trinajstić information content (AvgIpc) is 2.78. The molecule has 0 atom stereocenters. The van der Waals surface area contributed by atoms with Gasteiger partial charge >= 0.3 is 0 Å². The van der Waals surface area contributed by atoms with Crippen LogP contribution in [0.25, 0.3) is 0 Å². The van der Waals surface area contributed by atoms with Crippen molar-refractivity contribution in [2.24, 2.45) is 10.9 Å². The number of hydrogen-bond donors (Lipinski definition) is 2. The van der Waals surface area contributed by atoms with Crippen LogP contribution in [-0.4, -0.2) is 63.1 Å². The van der Waals surface area contributed by atoms with Crippen LogP contribution < -0.4 is 10.6 Å². The van der Waals surface area contributed by atoms with Gasteiger partial charge in [0, 0.05) is 38.3 Å². The maximum atomic E-state index is 12.7. The maximum absolute atomic E-state index is 12.7. The Morgan fingerprint density at radius 1 is 1.23 bits per heavy atom. The van der Waals surface area contributed by atoms with Crippen molar-refractivity contribution < 1.29 is 9.53 Å². The molecular formula is C24H42N4O2. The predicted octanol–water partition coefficient (Wildman–Crippen LogP) is 3.65. The molecule has 6 nitrogen and oxygen atoms in total. The van der Waals surface area contributed by atoms with Crippen LogP contribution in [0.5, 0.6) is 0 Å². The summed E-state index contributed by atoms with van der Waals surface area (Å²) >= 11 is 0. The van der Waals surface area contributed by atoms with E-state index in [2.05, 4.69) is 34.0 Å². The summed E-state index contributed by atoms with van der Waals surface area (Å²) in [5, 5.41) is 6.39. The Balaban J connectivity index is 1.82. The van der Waals surface area contributed by atoms with Gasteiger partial charge in [-0.3, -0.25) is 14.7 Å². The third-order valence-corrected chi connectivity index (χ3v) is 6.06. The first-order valence-electron chi connectivity index (χ1n) is 11.8. The highest BCUT2D eigenvalue weighted by atomic mass is 16.5. The molecule has 2 fully saturated rings. The molecule has 1 amide bonds. The normalized spacial score (nSPS) is 19.5. The second-order valence-electron chi connectivity index (χ2n) is 8.55. The number of carbonyl (C=O) groups excluding carboxylic acids is 1. The van der Waals surface area contributed by atoms with E-state index >= 15 is 0 Å². The van der Waals surface area contributed by atoms with E-state index in [1.807, 2.05) is 6.92 Å². The van der Waals surface area contributed by atoms with Crippen molar-refractivity contribution in [1.29, 1.82) is 0 Å². The lowest BCUT2D eigenvalue weighted by Crippen LogP contribution is -2.37. The fourth-order valence-electron chi connectivity index (χ4n) is 4.16. The van der Waals surface area contributed by atoms with E-state index < -0.39 is 0 Å². The molecule has 6 heteroatoms. The number of nitrogens with zero attached hydrogens (tertiary/aromatic N) is 2. The van der Waals surface area contributed by atoms with E-state index in [0.29, 0.717) is 11.5 Å². The number of morpholine rings is 1. The van der Waals surface area contributed by atoms with E-state index in [9.17, 15) is 4.79 Å². The Hall–Kier alpha value is -1.66. The van der Waals surface area contributed by atoms with Crippen LogP contribution in [0.15, 0.2) is 28.4 Å². The van der Waals surface area contributed by atoms with Crippen LogP contribution in [0.1, 0.15) is 65.2 Å². The zero-order valence-corrected chi connectivity index (χ0v) is 19.2. The van der Waals surface area contributed by atoms with Crippen LogP contribution in [-0.2, 0) is 9.53 Å². The number of nitrogens with one attached hydrogen (secondary N) is 2. The molecule has 1 aliphatic heterocycles. The smallest absolute Gasteiger partial charge is 0.249 e. The molecule has 1 heterocycles. The molecule has 1 saturated carbocycles. The van der Waals surface area contributed by atoms with Gasteiger partial charge in [0.1, 0.15) is 0 Å². The molecule has 0 radical (unpaired) electrons. The van der Waals surface area contributed by atoms with Gasteiger partial charge in [0.05, 0.1) is 25.2 Å². The topological polar surface area (TPSA) is 66.0 Å². The lowest BCUT2D eigenvalue weighted by molar-refractivity contribution is -0.117. The lowest BCUT2D eigenvalue weighted by atomic mass is 9.89. The van der Waals surface area contributed by atoms with Gasteiger partial charge in [-0.2, -0.15) is 0 Å². The molecule has 30 heavy (non-hydrogen) atoms. The minimum absolute atomic E-state index is 0.000967. The summed E-state index contributed by atoms with van der Waals surface area (Å²) in [5.41, 5.74) is 2.47. The van der Waals surface area contributed by atoms with Crippen molar-refractivity contribution in [2.45, 2.75) is 65.2 Å². The van der Waals surface area contributed by atoms with Gasteiger partial charge < -0.3 is 15.4 Å². The molecule has 0 aromatic rings. The number of amides is 1. The monoisotopic (exact) mass is 418 g/mol. The first kappa shape index (κ1) is 24.6. The highest BCUT2D eigenvalue weighted by Gasteiger charge is 2.17. The van der Waals surface area contributed by atoms with Gasteiger partial charge in [-0.1, -0.05) is 39.2 Å². The second kappa shape index (κ2) is 14.4. The third kappa shape index (κ3) is 9.00. The van der Waals surface area contributed by atoms with Crippen molar-refractivity contribution in [3.63, 3.8) is 0 Å². The SMILES string of the molecule is C=C(CCC)/C(NC=NCCCN1CCOCC1)=C(\C)C(=O)NCC1CCCCC1. The summed E-state index contributed by atoms with van der Waals surface area (Å²) in [6.45, 7) is 14.5. The first-order chi connectivity index (χ1) is 14.6. The van der Waals surface area contributed by atoms with Crippen LogP contribution in [0.4, 0.5) is 0 Å². The van der Waals surface area contributed by atoms with Crippen LogP contribution in [0.3, 0.4) is 0 Å². The maximum Gasteiger partial charge on any atom is 0.249 e. The zero-order valence-electron chi connectivity index (χ0n) is 19.2. The minimum atomic E-state index is 0.000967. The van der Waals surface area contributed by atoms with E-state index in [-0.39, 0.29) is 5.91 Å². The largest absolute Gasteiger partial charge is 0.379 e. The average molecular weight is 419 g/mol. The summed E-state index contributed by atoms with van der Waals surface area (Å²) in [6, 6.07) is 0. The molecule has 0 aromatic carbocycles. The molecule has 0 bridgehead atoms. The summed E-state index contributed by atoms with van der Waals surface area (Å²) < 4.78 is 5.38. The number of aliphatic imine (C=N–C) groups is 1. The summed E-state index contributed by atoms with van der Waals surface area (Å²) in [7, 11) is 0. The molecule has 2 N–H and O–H groups in total. The molecule has 0 unspecified atom stereocenters. The van der Waals surface area contributed by atoms with Gasteiger partial charge in [-0.15, -0.1) is 0 Å². The molecule has 0 aromatic heterocycles. The van der Waals surface area contributed by atoms with Gasteiger partial charge in [0.25, 0.3) is 0 Å². The van der Waals surface area contributed by atoms with Crippen molar-refractivity contribution in [1.82, 2.24) is 15.5 Å². The van der Waals surface area contributed by atoms with Crippen molar-refractivity contribution in [2.75, 3.05) is 45.9 Å². The van der Waals surface area contributed by atoms with Crippen molar-refractivity contribution >= 4 is 12.2 Å². The van der Waals surface area contributed by atoms with Crippen molar-refractivity contribution in [3.8, 4) is 0 Å². The molecular weight excluding hydrogens is 376 g/mol. The molecule has 1 aliphatic carbocycles. The van der Waals surface area contributed by atoms with E-state index in [4.69, 9.17) is 4.74 Å². The summed E-state index contributed by atoms with van der Waals surface area (Å²) in [4.78, 5) is 19.7. The van der Waals surface area contributed by atoms with Gasteiger partial charge in [-0.25, -0.2) is 0 Å². The number of rotatable bonds is 12. The molecule has 2 aliphatic rings. The van der Waals surface area contributed by atoms with E-state index in [1.165, 1.54) is 32.1 Å². The zero-order chi connectivity index (χ0) is 21.6. The Labute approximate surface area is 183 Å². The fraction of sp³-hybridized carbons (Fsp3) is 0.750. The van der Waals surface area contributed by atoms with Crippen LogP contribution in [0.2, 0.25) is 0 Å². The van der Waals surface area contributed by atoms with Gasteiger partial charge in [-0.05, 0) is 44.1 Å². The number of hydrogen-bond acceptors (Lipinski definition) is 4. The number of carbonyl (C=O) groups is 1. The number of ether oxygens (including phenoxy) is 1. The Morgan fingerprint density at radius 2 is 1.97 bits per heavy atom. The Kier molecular flexibility index (Phi) is 11.8. The quantitative estimate of drug-likeness (QED) is 0.167. The Morgan fingerprint density at radius 3 is 2.67 bits per heavy atom. The van der Waals surface area contributed by atoms with Gasteiger partial charge in [0.2, 0.25) is 5.91 Å². The molecule has 0 spiro atoms. The predicted molar refractivity (Wildman–Crippen MR) is 125 cm³/mol. The fourth-order valence-corrected chi connectivity index (χ4v) is 4.16. The van der Waals surface area contributed by atoms with Crippen molar-refractivity contribution in [3.05, 3.63) is 23.4 Å². The highest BCUT2D eigenvalue weighted by molar-refractivity contribution is 5.94. The van der Waals surface area contributed by atoms with E-state index in [1.54, 1.807) is 6.34 Å². The summed E-state index contributed by atoms with van der Waals surface area (Å²) in [6.07, 6.45) is 11.0. The van der Waals surface area contributed by atoms with Crippen LogP contribution in [0, 0.1) is 5.92 Å². The van der Waals surface area contributed by atoms with Crippen LogP contribution >= 0.6 is 0 Å². The number of allylic oxidation sites excluding steroid dienone is 1. The second-order valence-corrected chi connectivity index (χ2v) is 8.55. The molecule has 2 rings (SSSR count). The van der Waals surface area contributed by atoms with E-state index in [0.717, 1.165) is 76.5 Å². The summed E-state index contributed by atoms with van der Waals surface area (Å²) in [5.74, 6) is 0.625. The molecule has 1 saturated heterocycles. The van der Waals surface area contributed by atoms with Gasteiger partial charge in [0.15, 0.2) is 0 Å². The first-order valence-corrected chi connectivity index (χ1v) is 11.8. The lowest BCUT2D eigenvalue weighted by Gasteiger charge is -2.26.